The number of hydrogen-bond acceptors (Lipinski definition) is 3. The number of nitrogens with one attached hydrogen (secondary N) is 1. The van der Waals surface area contributed by atoms with Gasteiger partial charge >= 0.3 is 0 Å². The molecule has 1 aromatic rings. The number of hydrogen-bond donors (Lipinski definition) is 2. The van der Waals surface area contributed by atoms with Gasteiger partial charge in [0.1, 0.15) is 4.99 Å². The number of thiocarbonyl (C=S) groups is 1. The number of nitrogens with zero attached hydrogens (tertiary/aromatic N) is 1. The predicted octanol–water partition coefficient (Wildman–Crippen LogP) is 3.16. The highest BCUT2D eigenvalue weighted by Gasteiger charge is 2.03. The molecule has 0 bridgehead atoms. The first-order valence-corrected chi connectivity index (χ1v) is 7.67. The number of anilines is 1. The third-order valence-electron chi connectivity index (χ3n) is 3.64. The molecule has 0 aliphatic rings. The fourth-order valence-electron chi connectivity index (χ4n) is 2.03. The average molecular weight is 293 g/mol. The number of unbranched alkanes of at least 4 members (excludes halogenated alkanes) is 1. The van der Waals surface area contributed by atoms with Crippen molar-refractivity contribution in [3.05, 3.63) is 29.3 Å². The molecule has 20 heavy (non-hydrogen) atoms. The molecule has 0 atom stereocenters. The fourth-order valence-corrected chi connectivity index (χ4v) is 2.26. The molecule has 3 nitrogen and oxygen atoms in total. The van der Waals surface area contributed by atoms with E-state index in [4.69, 9.17) is 18.0 Å². The third-order valence-corrected chi connectivity index (χ3v) is 3.86. The largest absolute Gasteiger partial charge is 0.389 e. The monoisotopic (exact) mass is 293 g/mol. The lowest BCUT2D eigenvalue weighted by Gasteiger charge is -2.20. The Kier molecular flexibility index (Phi) is 6.96. The predicted molar refractivity (Wildman–Crippen MR) is 92.6 cm³/mol. The zero-order chi connectivity index (χ0) is 15.1. The highest BCUT2D eigenvalue weighted by Crippen LogP contribution is 2.15. The van der Waals surface area contributed by atoms with Crippen molar-refractivity contribution in [2.75, 3.05) is 25.5 Å². The van der Waals surface area contributed by atoms with E-state index in [-0.39, 0.29) is 0 Å². The van der Waals surface area contributed by atoms with Crippen molar-refractivity contribution in [3.8, 4) is 0 Å². The summed E-state index contributed by atoms with van der Waals surface area (Å²) in [4.78, 5) is 2.84. The molecule has 0 aliphatic carbocycles. The summed E-state index contributed by atoms with van der Waals surface area (Å²) in [6, 6.07) is 6.77. The van der Waals surface area contributed by atoms with E-state index < -0.39 is 0 Å². The molecule has 112 valence electrons. The van der Waals surface area contributed by atoms with Crippen LogP contribution in [0.4, 0.5) is 5.69 Å². The Balaban J connectivity index is 2.32. The number of rotatable bonds is 8. The zero-order valence-corrected chi connectivity index (χ0v) is 13.9. The highest BCUT2D eigenvalue weighted by atomic mass is 32.1. The van der Waals surface area contributed by atoms with Crippen molar-refractivity contribution < 1.29 is 0 Å². The van der Waals surface area contributed by atoms with E-state index in [1.54, 1.807) is 0 Å². The highest BCUT2D eigenvalue weighted by molar-refractivity contribution is 7.80. The summed E-state index contributed by atoms with van der Waals surface area (Å²) in [5.41, 5.74) is 8.89. The van der Waals surface area contributed by atoms with Gasteiger partial charge in [0.15, 0.2) is 0 Å². The van der Waals surface area contributed by atoms with Crippen LogP contribution in [-0.2, 0) is 0 Å². The van der Waals surface area contributed by atoms with E-state index in [0.717, 1.165) is 29.9 Å². The lowest BCUT2D eigenvalue weighted by Crippen LogP contribution is -2.27. The Labute approximate surface area is 128 Å². The maximum atomic E-state index is 5.66. The summed E-state index contributed by atoms with van der Waals surface area (Å²) in [7, 11) is 2.18. The summed E-state index contributed by atoms with van der Waals surface area (Å²) < 4.78 is 0. The van der Waals surface area contributed by atoms with Gasteiger partial charge in [0.2, 0.25) is 0 Å². The van der Waals surface area contributed by atoms with E-state index in [1.165, 1.54) is 12.8 Å². The van der Waals surface area contributed by atoms with E-state index in [2.05, 4.69) is 37.2 Å². The summed E-state index contributed by atoms with van der Waals surface area (Å²) in [5, 5.41) is 3.45. The van der Waals surface area contributed by atoms with Gasteiger partial charge in [-0.3, -0.25) is 0 Å². The maximum Gasteiger partial charge on any atom is 0.104 e. The first-order chi connectivity index (χ1) is 9.41. The number of aryl methyl sites for hydroxylation is 1. The molecule has 0 spiro atoms. The van der Waals surface area contributed by atoms with Gasteiger partial charge in [0.05, 0.1) is 0 Å². The van der Waals surface area contributed by atoms with Gasteiger partial charge in [-0.15, -0.1) is 0 Å². The van der Waals surface area contributed by atoms with Crippen LogP contribution in [0.15, 0.2) is 18.2 Å². The smallest absolute Gasteiger partial charge is 0.104 e. The van der Waals surface area contributed by atoms with E-state index in [1.807, 2.05) is 19.1 Å². The van der Waals surface area contributed by atoms with Gasteiger partial charge in [-0.1, -0.05) is 12.2 Å². The summed E-state index contributed by atoms with van der Waals surface area (Å²) >= 11 is 5.01. The molecule has 0 heterocycles. The molecule has 0 aromatic heterocycles. The Hall–Kier alpha value is -1.13. The quantitative estimate of drug-likeness (QED) is 0.570. The minimum absolute atomic E-state index is 0.464. The van der Waals surface area contributed by atoms with Crippen molar-refractivity contribution in [3.63, 3.8) is 0 Å². The Morgan fingerprint density at radius 2 is 2.05 bits per heavy atom. The van der Waals surface area contributed by atoms with Crippen molar-refractivity contribution in [2.24, 2.45) is 5.73 Å². The van der Waals surface area contributed by atoms with Crippen molar-refractivity contribution in [1.82, 2.24) is 4.90 Å². The van der Waals surface area contributed by atoms with Gasteiger partial charge in [0, 0.05) is 23.8 Å². The molecular formula is C16H27N3S. The molecule has 1 rings (SSSR count). The second-order valence-corrected chi connectivity index (χ2v) is 6.04. The van der Waals surface area contributed by atoms with Crippen LogP contribution >= 0.6 is 12.2 Å². The molecule has 3 N–H and O–H groups in total. The molecule has 0 aliphatic heterocycles. The average Bonchev–Trinajstić information content (AvgIpc) is 2.37. The standard InChI is InChI=1S/C16H27N3S/c1-12(2)19(4)10-6-5-9-18-14-7-8-15(16(17)20)13(3)11-14/h7-8,11-12,18H,5-6,9-10H2,1-4H3,(H2,17,20). The van der Waals surface area contributed by atoms with E-state index in [9.17, 15) is 0 Å². The summed E-state index contributed by atoms with van der Waals surface area (Å²) in [6.07, 6.45) is 2.39. The van der Waals surface area contributed by atoms with E-state index >= 15 is 0 Å². The SMILES string of the molecule is Cc1cc(NCCCCN(C)C(C)C)ccc1C(N)=S. The van der Waals surface area contributed by atoms with Crippen LogP contribution in [0.5, 0.6) is 0 Å². The minimum Gasteiger partial charge on any atom is -0.389 e. The van der Waals surface area contributed by atoms with Crippen molar-refractivity contribution in [1.29, 1.82) is 0 Å². The lowest BCUT2D eigenvalue weighted by molar-refractivity contribution is 0.269. The molecule has 0 radical (unpaired) electrons. The Morgan fingerprint density at radius 3 is 2.60 bits per heavy atom. The zero-order valence-electron chi connectivity index (χ0n) is 13.1. The first kappa shape index (κ1) is 16.9. The molecule has 1 aromatic carbocycles. The maximum absolute atomic E-state index is 5.66. The van der Waals surface area contributed by atoms with Crippen LogP contribution in [0.1, 0.15) is 37.8 Å². The normalized spacial score (nSPS) is 11.1. The van der Waals surface area contributed by atoms with Crippen LogP contribution in [0.2, 0.25) is 0 Å². The molecule has 0 saturated heterocycles. The number of nitrogens with two attached hydrogens (primary N) is 1. The van der Waals surface area contributed by atoms with Crippen LogP contribution < -0.4 is 11.1 Å². The van der Waals surface area contributed by atoms with Gasteiger partial charge in [-0.05, 0) is 71.0 Å². The second kappa shape index (κ2) is 8.22. The minimum atomic E-state index is 0.464. The van der Waals surface area contributed by atoms with Crippen LogP contribution in [0, 0.1) is 6.92 Å². The van der Waals surface area contributed by atoms with Crippen molar-refractivity contribution in [2.45, 2.75) is 39.7 Å². The molecule has 0 amide bonds. The third kappa shape index (κ3) is 5.47. The Morgan fingerprint density at radius 1 is 1.35 bits per heavy atom. The first-order valence-electron chi connectivity index (χ1n) is 7.26. The second-order valence-electron chi connectivity index (χ2n) is 5.60. The van der Waals surface area contributed by atoms with Crippen LogP contribution in [-0.4, -0.2) is 36.1 Å². The molecular weight excluding hydrogens is 266 g/mol. The van der Waals surface area contributed by atoms with Gasteiger partial charge < -0.3 is 16.0 Å². The molecule has 0 fully saturated rings. The Bertz CT molecular complexity index is 443. The molecule has 4 heteroatoms. The van der Waals surface area contributed by atoms with Crippen LogP contribution in [0.3, 0.4) is 0 Å². The molecule has 0 unspecified atom stereocenters. The van der Waals surface area contributed by atoms with Crippen LogP contribution in [0.25, 0.3) is 0 Å². The van der Waals surface area contributed by atoms with Gasteiger partial charge in [0.25, 0.3) is 0 Å². The topological polar surface area (TPSA) is 41.3 Å². The number of benzene rings is 1. The van der Waals surface area contributed by atoms with E-state index in [0.29, 0.717) is 11.0 Å². The summed E-state index contributed by atoms with van der Waals surface area (Å²) in [6.45, 7) is 8.64. The lowest BCUT2D eigenvalue weighted by atomic mass is 10.1. The summed E-state index contributed by atoms with van der Waals surface area (Å²) in [5.74, 6) is 0. The van der Waals surface area contributed by atoms with Crippen molar-refractivity contribution >= 4 is 22.9 Å². The fraction of sp³-hybridized carbons (Fsp3) is 0.562. The molecule has 0 saturated carbocycles. The van der Waals surface area contributed by atoms with Gasteiger partial charge in [-0.2, -0.15) is 0 Å². The van der Waals surface area contributed by atoms with Gasteiger partial charge in [-0.25, -0.2) is 0 Å².